The average Bonchev–Trinajstić information content (AvgIpc) is 2.96. The first-order valence-corrected chi connectivity index (χ1v) is 14.2. The van der Waals surface area contributed by atoms with Crippen LogP contribution in [0, 0.1) is 25.5 Å². The van der Waals surface area contributed by atoms with Crippen molar-refractivity contribution >= 4 is 29.1 Å². The number of benzene rings is 3. The predicted octanol–water partition coefficient (Wildman–Crippen LogP) is 7.02. The van der Waals surface area contributed by atoms with Gasteiger partial charge in [0.15, 0.2) is 5.94 Å². The molecule has 1 fully saturated rings. The Kier molecular flexibility index (Phi) is 8.04. The van der Waals surface area contributed by atoms with Gasteiger partial charge in [-0.1, -0.05) is 18.2 Å². The lowest BCUT2D eigenvalue weighted by Crippen LogP contribution is -2.49. The van der Waals surface area contributed by atoms with Crippen molar-refractivity contribution in [3.05, 3.63) is 88.6 Å². The Bertz CT molecular complexity index is 1640. The Morgan fingerprint density at radius 3 is 2.12 bits per heavy atom. The lowest BCUT2D eigenvalue weighted by atomic mass is 9.93. The third-order valence-electron chi connectivity index (χ3n) is 7.62. The van der Waals surface area contributed by atoms with E-state index in [1.807, 2.05) is 57.7 Å². The number of carbonyl (C=O) groups excluding carboxylic acids is 2. The van der Waals surface area contributed by atoms with Crippen LogP contribution in [-0.4, -0.2) is 60.7 Å². The number of rotatable bonds is 4. The molecule has 43 heavy (non-hydrogen) atoms. The number of para-hydroxylation sites is 1. The molecule has 224 valence electrons. The van der Waals surface area contributed by atoms with Crippen molar-refractivity contribution in [2.24, 2.45) is 0 Å². The third kappa shape index (κ3) is 5.86. The second-order valence-corrected chi connectivity index (χ2v) is 11.7. The van der Waals surface area contributed by atoms with Gasteiger partial charge >= 0.3 is 6.09 Å². The van der Waals surface area contributed by atoms with Crippen molar-refractivity contribution in [1.82, 2.24) is 9.80 Å². The molecular weight excluding hydrogens is 552 g/mol. The number of ether oxygens (including phenoxy) is 2. The summed E-state index contributed by atoms with van der Waals surface area (Å²) >= 11 is 0. The normalized spacial score (nSPS) is 15.1. The maximum atomic E-state index is 15.9. The fourth-order valence-corrected chi connectivity index (χ4v) is 5.59. The topological polar surface area (TPSA) is 62.3 Å². The summed E-state index contributed by atoms with van der Waals surface area (Å²) in [5, 5.41) is 0. The van der Waals surface area contributed by atoms with Crippen LogP contribution >= 0.6 is 0 Å². The Hall–Kier alpha value is -4.62. The van der Waals surface area contributed by atoms with Crippen molar-refractivity contribution in [3.8, 4) is 16.9 Å². The van der Waals surface area contributed by atoms with Crippen molar-refractivity contribution < 1.29 is 27.8 Å². The van der Waals surface area contributed by atoms with Crippen LogP contribution in [0.1, 0.15) is 37.5 Å². The van der Waals surface area contributed by atoms with E-state index in [-0.39, 0.29) is 16.8 Å². The molecule has 0 N–H and O–H groups in total. The van der Waals surface area contributed by atoms with Crippen LogP contribution < -0.4 is 9.64 Å². The van der Waals surface area contributed by atoms with Gasteiger partial charge in [0, 0.05) is 54.6 Å². The molecule has 7 nitrogen and oxygen atoms in total. The number of allylic oxidation sites excluding steroid dienone is 1. The molecule has 1 amide bonds. The zero-order valence-electron chi connectivity index (χ0n) is 25.3. The van der Waals surface area contributed by atoms with Gasteiger partial charge in [0.1, 0.15) is 28.7 Å². The smallest absolute Gasteiger partial charge is 0.410 e. The van der Waals surface area contributed by atoms with E-state index in [0.717, 1.165) is 16.8 Å². The number of nitrogens with zero attached hydrogens (tertiary/aromatic N) is 3. The first-order valence-electron chi connectivity index (χ1n) is 14.2. The first-order chi connectivity index (χ1) is 20.4. The molecule has 0 spiro atoms. The number of piperazine rings is 1. The molecule has 0 saturated carbocycles. The van der Waals surface area contributed by atoms with E-state index in [9.17, 15) is 9.59 Å². The molecule has 0 bridgehead atoms. The molecule has 0 radical (unpaired) electrons. The number of hydrogen-bond donors (Lipinski definition) is 0. The van der Waals surface area contributed by atoms with Crippen molar-refractivity contribution in [2.75, 3.05) is 38.2 Å². The molecule has 0 aromatic heterocycles. The zero-order chi connectivity index (χ0) is 31.1. The number of methoxy groups -OCH3 is 1. The van der Waals surface area contributed by atoms with Crippen LogP contribution in [0.4, 0.5) is 25.0 Å². The maximum absolute atomic E-state index is 15.9. The molecule has 1 saturated heterocycles. The number of anilines is 2. The highest BCUT2D eigenvalue weighted by molar-refractivity contribution is 5.95. The lowest BCUT2D eigenvalue weighted by molar-refractivity contribution is 0.0182. The van der Waals surface area contributed by atoms with E-state index in [0.29, 0.717) is 48.9 Å². The molecule has 2 heterocycles. The van der Waals surface area contributed by atoms with Crippen molar-refractivity contribution in [1.29, 1.82) is 0 Å². The highest BCUT2D eigenvalue weighted by Crippen LogP contribution is 2.46. The fraction of sp³-hybridized carbons (Fsp3) is 0.324. The van der Waals surface area contributed by atoms with Crippen molar-refractivity contribution in [2.45, 2.75) is 40.2 Å². The summed E-state index contributed by atoms with van der Waals surface area (Å²) < 4.78 is 41.8. The lowest BCUT2D eigenvalue weighted by Gasteiger charge is -2.41. The SMILES string of the molecule is COc1ccc(-c2cc3c(cc2F)C(N2CCN(C(=O)OC(C)(C)C)CC2)=CC(=C=O)N3c2c(C)cccc2C)c(F)c1. The summed E-state index contributed by atoms with van der Waals surface area (Å²) in [5.41, 5.74) is 4.02. The largest absolute Gasteiger partial charge is 0.497 e. The van der Waals surface area contributed by atoms with Gasteiger partial charge in [-0.2, -0.15) is 0 Å². The number of halogens is 2. The van der Waals surface area contributed by atoms with Crippen LogP contribution in [0.5, 0.6) is 5.75 Å². The first kappa shape index (κ1) is 29.9. The van der Waals surface area contributed by atoms with Gasteiger partial charge in [0.05, 0.1) is 18.5 Å². The second-order valence-electron chi connectivity index (χ2n) is 11.7. The molecule has 0 atom stereocenters. The molecule has 9 heteroatoms. The van der Waals surface area contributed by atoms with Crippen molar-refractivity contribution in [3.63, 3.8) is 0 Å². The average molecular weight is 588 g/mol. The van der Waals surface area contributed by atoms with Crippen LogP contribution in [0.25, 0.3) is 16.8 Å². The van der Waals surface area contributed by atoms with Crippen LogP contribution in [0.15, 0.2) is 60.3 Å². The summed E-state index contributed by atoms with van der Waals surface area (Å²) in [6.07, 6.45) is 1.31. The van der Waals surface area contributed by atoms with E-state index in [1.54, 1.807) is 28.0 Å². The molecule has 5 rings (SSSR count). The Morgan fingerprint density at radius 2 is 1.53 bits per heavy atom. The van der Waals surface area contributed by atoms with Crippen LogP contribution in [-0.2, 0) is 9.53 Å². The summed E-state index contributed by atoms with van der Waals surface area (Å²) in [6.45, 7) is 11.0. The zero-order valence-corrected chi connectivity index (χ0v) is 25.3. The van der Waals surface area contributed by atoms with Gasteiger partial charge in [-0.15, -0.1) is 0 Å². The van der Waals surface area contributed by atoms with Gasteiger partial charge in [0.25, 0.3) is 0 Å². The summed E-state index contributed by atoms with van der Waals surface area (Å²) in [6, 6.07) is 13.0. The summed E-state index contributed by atoms with van der Waals surface area (Å²) in [7, 11) is 1.44. The maximum Gasteiger partial charge on any atom is 0.410 e. The highest BCUT2D eigenvalue weighted by Gasteiger charge is 2.33. The molecule has 3 aromatic carbocycles. The van der Waals surface area contributed by atoms with Gasteiger partial charge in [0.2, 0.25) is 0 Å². The number of carbonyl (C=O) groups is 1. The summed E-state index contributed by atoms with van der Waals surface area (Å²) in [5.74, 6) is 1.17. The molecule has 2 aliphatic rings. The number of aryl methyl sites for hydroxylation is 2. The minimum Gasteiger partial charge on any atom is -0.497 e. The van der Waals surface area contributed by atoms with E-state index in [2.05, 4.69) is 5.94 Å². The number of hydrogen-bond acceptors (Lipinski definition) is 6. The van der Waals surface area contributed by atoms with Gasteiger partial charge in [-0.25, -0.2) is 18.4 Å². The molecule has 2 aliphatic heterocycles. The predicted molar refractivity (Wildman–Crippen MR) is 163 cm³/mol. The minimum absolute atomic E-state index is 0.0522. The molecule has 0 aliphatic carbocycles. The second kappa shape index (κ2) is 11.6. The monoisotopic (exact) mass is 587 g/mol. The quantitative estimate of drug-likeness (QED) is 0.306. The Morgan fingerprint density at radius 1 is 0.884 bits per heavy atom. The number of fused-ring (bicyclic) bond motifs is 1. The van der Waals surface area contributed by atoms with E-state index < -0.39 is 23.3 Å². The fourth-order valence-electron chi connectivity index (χ4n) is 5.59. The van der Waals surface area contributed by atoms with Gasteiger partial charge < -0.3 is 19.3 Å². The highest BCUT2D eigenvalue weighted by atomic mass is 19.1. The van der Waals surface area contributed by atoms with E-state index >= 15 is 8.78 Å². The third-order valence-corrected chi connectivity index (χ3v) is 7.62. The van der Waals surface area contributed by atoms with Crippen LogP contribution in [0.3, 0.4) is 0 Å². The summed E-state index contributed by atoms with van der Waals surface area (Å²) in [4.78, 5) is 30.6. The Balaban J connectivity index is 1.62. The van der Waals surface area contributed by atoms with E-state index in [1.165, 1.54) is 25.3 Å². The Labute approximate surface area is 250 Å². The minimum atomic E-state index is -0.632. The number of amides is 1. The van der Waals surface area contributed by atoms with E-state index in [4.69, 9.17) is 9.47 Å². The van der Waals surface area contributed by atoms with Gasteiger partial charge in [-0.05, 0) is 76.1 Å². The molecule has 0 unspecified atom stereocenters. The molecule has 3 aromatic rings. The van der Waals surface area contributed by atoms with Gasteiger partial charge in [-0.3, -0.25) is 4.90 Å². The molecular formula is C34H35F2N3O4. The standard InChI is InChI=1S/C34H35F2N3O4/c1-21-8-7-9-22(2)32(21)39-23(20-40)16-30(37-12-14-38(15-13-37)33(41)43-34(3,4)5)27-18-29(36)26(19-31(27)39)25-11-10-24(42-6)17-28(25)35/h7-11,16-19H,12-15H2,1-6H3. The van der Waals surface area contributed by atoms with Crippen LogP contribution in [0.2, 0.25) is 0 Å².